The van der Waals surface area contributed by atoms with Crippen LogP contribution in [0.3, 0.4) is 0 Å². The number of nitrogens with one attached hydrogen (secondary N) is 1. The molecule has 1 aliphatic heterocycles. The van der Waals surface area contributed by atoms with E-state index in [9.17, 15) is 4.79 Å². The van der Waals surface area contributed by atoms with Crippen molar-refractivity contribution in [1.82, 2.24) is 24.6 Å². The zero-order valence-electron chi connectivity index (χ0n) is 16.1. The van der Waals surface area contributed by atoms with Gasteiger partial charge in [-0.1, -0.05) is 0 Å². The van der Waals surface area contributed by atoms with Gasteiger partial charge in [0.25, 0.3) is 5.56 Å². The Hall–Kier alpha value is -2.99. The van der Waals surface area contributed by atoms with Crippen LogP contribution in [0.4, 0.5) is 0 Å². The summed E-state index contributed by atoms with van der Waals surface area (Å²) >= 11 is 0. The molecule has 0 aliphatic carbocycles. The maximum Gasteiger partial charge on any atom is 0.260 e. The van der Waals surface area contributed by atoms with Gasteiger partial charge in [-0.05, 0) is 68.1 Å². The Morgan fingerprint density at radius 2 is 1.96 bits per heavy atom. The van der Waals surface area contributed by atoms with Gasteiger partial charge >= 0.3 is 0 Å². The summed E-state index contributed by atoms with van der Waals surface area (Å²) in [5.41, 5.74) is 4.11. The van der Waals surface area contributed by atoms with Crippen molar-refractivity contribution in [3.8, 4) is 11.3 Å². The van der Waals surface area contributed by atoms with E-state index in [1.54, 1.807) is 6.20 Å². The summed E-state index contributed by atoms with van der Waals surface area (Å²) in [6, 6.07) is 8.55. The number of fused-ring (bicyclic) bond motifs is 2. The third-order valence-corrected chi connectivity index (χ3v) is 5.73. The highest BCUT2D eigenvalue weighted by molar-refractivity contribution is 5.89. The molecule has 0 bridgehead atoms. The average molecular weight is 373 g/mol. The Morgan fingerprint density at radius 1 is 1.14 bits per heavy atom. The summed E-state index contributed by atoms with van der Waals surface area (Å²) in [6.07, 6.45) is 7.67. The van der Waals surface area contributed by atoms with E-state index >= 15 is 0 Å². The number of aromatic nitrogens is 4. The molecule has 0 atom stereocenters. The fraction of sp³-hybridized carbons (Fsp3) is 0.318. The molecule has 1 fully saturated rings. The molecule has 0 unspecified atom stereocenters. The van der Waals surface area contributed by atoms with Gasteiger partial charge in [0.15, 0.2) is 0 Å². The van der Waals surface area contributed by atoms with Crippen molar-refractivity contribution in [2.45, 2.75) is 25.8 Å². The lowest BCUT2D eigenvalue weighted by atomic mass is 10.0. The van der Waals surface area contributed by atoms with Crippen LogP contribution in [-0.4, -0.2) is 32.4 Å². The van der Waals surface area contributed by atoms with E-state index in [0.717, 1.165) is 59.0 Å². The summed E-state index contributed by atoms with van der Waals surface area (Å²) in [5, 5.41) is 10.6. The van der Waals surface area contributed by atoms with Gasteiger partial charge in [-0.15, -0.1) is 0 Å². The van der Waals surface area contributed by atoms with Gasteiger partial charge in [0.1, 0.15) is 0 Å². The number of pyridine rings is 2. The van der Waals surface area contributed by atoms with E-state index in [-0.39, 0.29) is 11.6 Å². The van der Waals surface area contributed by atoms with Crippen LogP contribution in [0.15, 0.2) is 47.7 Å². The second-order valence-corrected chi connectivity index (χ2v) is 7.70. The largest absolute Gasteiger partial charge is 0.317 e. The van der Waals surface area contributed by atoms with E-state index in [2.05, 4.69) is 34.5 Å². The van der Waals surface area contributed by atoms with Crippen molar-refractivity contribution in [2.75, 3.05) is 13.1 Å². The Bertz CT molecular complexity index is 1250. The maximum absolute atomic E-state index is 13.0. The molecule has 1 aromatic carbocycles. The van der Waals surface area contributed by atoms with Gasteiger partial charge in [-0.3, -0.25) is 14.5 Å². The summed E-state index contributed by atoms with van der Waals surface area (Å²) in [7, 11) is 1.93. The first-order chi connectivity index (χ1) is 13.6. The topological polar surface area (TPSA) is 64.7 Å². The summed E-state index contributed by atoms with van der Waals surface area (Å²) in [5.74, 6) is 0. The van der Waals surface area contributed by atoms with E-state index in [1.807, 2.05) is 40.8 Å². The molecule has 4 heterocycles. The van der Waals surface area contributed by atoms with Crippen LogP contribution < -0.4 is 10.9 Å². The summed E-state index contributed by atoms with van der Waals surface area (Å²) in [6.45, 7) is 3.99. The minimum absolute atomic E-state index is 0.0577. The average Bonchev–Trinajstić information content (AvgIpc) is 3.09. The highest BCUT2D eigenvalue weighted by Crippen LogP contribution is 2.27. The quantitative estimate of drug-likeness (QED) is 0.586. The van der Waals surface area contributed by atoms with Crippen molar-refractivity contribution in [2.24, 2.45) is 7.05 Å². The number of rotatable bonds is 2. The van der Waals surface area contributed by atoms with E-state index < -0.39 is 0 Å². The summed E-state index contributed by atoms with van der Waals surface area (Å²) < 4.78 is 3.72. The predicted octanol–water partition coefficient (Wildman–Crippen LogP) is 3.18. The fourth-order valence-electron chi connectivity index (χ4n) is 4.26. The highest BCUT2D eigenvalue weighted by atomic mass is 16.1. The van der Waals surface area contributed by atoms with E-state index in [1.165, 1.54) is 0 Å². The minimum Gasteiger partial charge on any atom is -0.317 e. The van der Waals surface area contributed by atoms with Gasteiger partial charge in [-0.25, -0.2) is 0 Å². The van der Waals surface area contributed by atoms with Crippen LogP contribution >= 0.6 is 0 Å². The van der Waals surface area contributed by atoms with Gasteiger partial charge in [0.05, 0.1) is 16.6 Å². The van der Waals surface area contributed by atoms with Gasteiger partial charge in [-0.2, -0.15) is 5.10 Å². The first kappa shape index (κ1) is 17.1. The third-order valence-electron chi connectivity index (χ3n) is 5.73. The first-order valence-corrected chi connectivity index (χ1v) is 9.76. The second kappa shape index (κ2) is 6.56. The molecule has 4 aromatic rings. The monoisotopic (exact) mass is 373 g/mol. The maximum atomic E-state index is 13.0. The van der Waals surface area contributed by atoms with E-state index in [0.29, 0.717) is 5.39 Å². The van der Waals surface area contributed by atoms with Crippen molar-refractivity contribution in [3.05, 3.63) is 58.8 Å². The molecule has 1 N–H and O–H groups in total. The van der Waals surface area contributed by atoms with Gasteiger partial charge < -0.3 is 9.88 Å². The molecule has 28 heavy (non-hydrogen) atoms. The predicted molar refractivity (Wildman–Crippen MR) is 112 cm³/mol. The molecule has 6 nitrogen and oxygen atoms in total. The lowest BCUT2D eigenvalue weighted by Gasteiger charge is -2.25. The standard InChI is InChI=1S/C22H23N5O/c1-14-9-16(10-17-13-26(2)25-21(14)17)20-11-15-5-8-27(18-3-6-23-7-4-18)22(28)19(15)12-24-20/h5,8-13,18,23H,3-4,6-7H2,1-2H3. The Kier molecular flexibility index (Phi) is 4.02. The van der Waals surface area contributed by atoms with Crippen molar-refractivity contribution >= 4 is 21.7 Å². The molecule has 1 saturated heterocycles. The normalized spacial score (nSPS) is 15.5. The van der Waals surface area contributed by atoms with Crippen LogP contribution in [0, 0.1) is 6.92 Å². The van der Waals surface area contributed by atoms with Gasteiger partial charge in [0.2, 0.25) is 0 Å². The van der Waals surface area contributed by atoms with Gasteiger partial charge in [0, 0.05) is 42.6 Å². The number of hydrogen-bond acceptors (Lipinski definition) is 4. The lowest BCUT2D eigenvalue weighted by Crippen LogP contribution is -2.34. The zero-order valence-corrected chi connectivity index (χ0v) is 16.1. The number of piperidine rings is 1. The number of nitrogens with zero attached hydrogens (tertiary/aromatic N) is 4. The molecule has 142 valence electrons. The Balaban J connectivity index is 1.59. The van der Waals surface area contributed by atoms with Crippen molar-refractivity contribution in [1.29, 1.82) is 0 Å². The molecule has 0 saturated carbocycles. The smallest absolute Gasteiger partial charge is 0.260 e. The third kappa shape index (κ3) is 2.81. The molecule has 3 aromatic heterocycles. The number of hydrogen-bond donors (Lipinski definition) is 1. The summed E-state index contributed by atoms with van der Waals surface area (Å²) in [4.78, 5) is 17.6. The Labute approximate surface area is 162 Å². The molecule has 0 spiro atoms. The Morgan fingerprint density at radius 3 is 2.79 bits per heavy atom. The molecule has 0 radical (unpaired) electrons. The molecule has 1 aliphatic rings. The molecular weight excluding hydrogens is 350 g/mol. The molecule has 0 amide bonds. The van der Waals surface area contributed by atoms with Crippen molar-refractivity contribution < 1.29 is 0 Å². The van der Waals surface area contributed by atoms with Crippen LogP contribution in [0.1, 0.15) is 24.4 Å². The van der Waals surface area contributed by atoms with Crippen LogP contribution in [0.25, 0.3) is 32.9 Å². The van der Waals surface area contributed by atoms with Crippen LogP contribution in [0.2, 0.25) is 0 Å². The van der Waals surface area contributed by atoms with Crippen LogP contribution in [0.5, 0.6) is 0 Å². The van der Waals surface area contributed by atoms with Crippen molar-refractivity contribution in [3.63, 3.8) is 0 Å². The minimum atomic E-state index is 0.0577. The fourth-order valence-corrected chi connectivity index (χ4v) is 4.26. The second-order valence-electron chi connectivity index (χ2n) is 7.70. The molecule has 6 heteroatoms. The molecular formula is C22H23N5O. The first-order valence-electron chi connectivity index (χ1n) is 9.76. The lowest BCUT2D eigenvalue weighted by molar-refractivity contribution is 0.362. The highest BCUT2D eigenvalue weighted by Gasteiger charge is 2.17. The number of benzene rings is 1. The van der Waals surface area contributed by atoms with Crippen LogP contribution in [-0.2, 0) is 7.05 Å². The molecule has 5 rings (SSSR count). The van der Waals surface area contributed by atoms with E-state index in [4.69, 9.17) is 0 Å². The SMILES string of the molecule is Cc1cc(-c2cc3ccn(C4CCNCC4)c(=O)c3cn2)cc2cn(C)nc12. The number of aryl methyl sites for hydroxylation is 2. The zero-order chi connectivity index (χ0) is 19.3.